The monoisotopic (exact) mass is 209 g/mol. The van der Waals surface area contributed by atoms with Crippen molar-refractivity contribution in [1.82, 2.24) is 9.59 Å². The molecule has 2 aromatic heterocycles. The molecule has 0 saturated carbocycles. The lowest BCUT2D eigenvalue weighted by atomic mass is 10.3. The van der Waals surface area contributed by atoms with E-state index in [1.165, 1.54) is 12.5 Å². The van der Waals surface area contributed by atoms with Gasteiger partial charge >= 0.3 is 0 Å². The summed E-state index contributed by atoms with van der Waals surface area (Å²) in [4.78, 5) is 11.5. The number of furan rings is 1. The summed E-state index contributed by atoms with van der Waals surface area (Å²) in [7, 11) is 0. The van der Waals surface area contributed by atoms with Crippen molar-refractivity contribution in [2.75, 3.05) is 5.32 Å². The van der Waals surface area contributed by atoms with Gasteiger partial charge in [-0.2, -0.15) is 0 Å². The molecule has 2 aromatic rings. The van der Waals surface area contributed by atoms with Crippen LogP contribution in [0.1, 0.15) is 16.1 Å². The van der Waals surface area contributed by atoms with E-state index in [1.807, 2.05) is 6.92 Å². The molecule has 0 saturated heterocycles. The molecule has 0 unspecified atom stereocenters. The van der Waals surface area contributed by atoms with Gasteiger partial charge < -0.3 is 9.73 Å². The number of aryl methyl sites for hydroxylation is 1. The normalized spacial score (nSPS) is 10.1. The maximum atomic E-state index is 11.5. The zero-order valence-electron chi connectivity index (χ0n) is 7.35. The quantitative estimate of drug-likeness (QED) is 0.817. The Labute approximate surface area is 83.9 Å². The zero-order chi connectivity index (χ0) is 9.97. The van der Waals surface area contributed by atoms with Gasteiger partial charge in [-0.15, -0.1) is 5.10 Å². The van der Waals surface area contributed by atoms with Crippen LogP contribution in [-0.4, -0.2) is 15.5 Å². The molecular formula is C8H7N3O2S. The minimum Gasteiger partial charge on any atom is -0.459 e. The number of anilines is 1. The molecule has 0 atom stereocenters. The average molecular weight is 209 g/mol. The second kappa shape index (κ2) is 3.59. The fourth-order valence-corrected chi connectivity index (χ4v) is 1.41. The van der Waals surface area contributed by atoms with Gasteiger partial charge in [0.25, 0.3) is 5.91 Å². The van der Waals surface area contributed by atoms with Gasteiger partial charge in [0.2, 0.25) is 0 Å². The van der Waals surface area contributed by atoms with Crippen LogP contribution in [-0.2, 0) is 0 Å². The van der Waals surface area contributed by atoms with E-state index in [-0.39, 0.29) is 5.91 Å². The van der Waals surface area contributed by atoms with Crippen LogP contribution in [0.4, 0.5) is 5.00 Å². The van der Waals surface area contributed by atoms with E-state index in [1.54, 1.807) is 6.07 Å². The largest absolute Gasteiger partial charge is 0.459 e. The van der Waals surface area contributed by atoms with Crippen molar-refractivity contribution in [3.63, 3.8) is 0 Å². The number of nitrogens with one attached hydrogen (secondary N) is 1. The third-order valence-electron chi connectivity index (χ3n) is 1.67. The lowest BCUT2D eigenvalue weighted by Crippen LogP contribution is -2.10. The maximum absolute atomic E-state index is 11.5. The van der Waals surface area contributed by atoms with Gasteiger partial charge in [-0.3, -0.25) is 4.79 Å². The van der Waals surface area contributed by atoms with Gasteiger partial charge in [-0.25, -0.2) is 0 Å². The van der Waals surface area contributed by atoms with Crippen LogP contribution in [0.15, 0.2) is 22.9 Å². The highest BCUT2D eigenvalue weighted by atomic mass is 32.1. The van der Waals surface area contributed by atoms with E-state index in [4.69, 9.17) is 4.42 Å². The highest BCUT2D eigenvalue weighted by Gasteiger charge is 2.13. The Morgan fingerprint density at radius 3 is 3.07 bits per heavy atom. The Morgan fingerprint density at radius 1 is 1.64 bits per heavy atom. The van der Waals surface area contributed by atoms with Gasteiger partial charge in [0.05, 0.1) is 12.5 Å². The third-order valence-corrected chi connectivity index (χ3v) is 2.25. The van der Waals surface area contributed by atoms with Crippen molar-refractivity contribution >= 4 is 22.4 Å². The molecule has 0 aliphatic carbocycles. The second-order valence-electron chi connectivity index (χ2n) is 2.67. The molecule has 0 bridgehead atoms. The average Bonchev–Trinajstić information content (AvgIpc) is 2.75. The number of amides is 1. The summed E-state index contributed by atoms with van der Waals surface area (Å²) in [6, 6.07) is 1.74. The fourth-order valence-electron chi connectivity index (χ4n) is 0.996. The number of carbonyl (C=O) groups is 1. The maximum Gasteiger partial charge on any atom is 0.292 e. The molecule has 5 nitrogen and oxygen atoms in total. The summed E-state index contributed by atoms with van der Waals surface area (Å²) in [5.74, 6) is 0.0388. The SMILES string of the molecule is Cc1ccoc1C(=O)Nc1cnns1. The Bertz CT molecular complexity index is 435. The van der Waals surface area contributed by atoms with E-state index < -0.39 is 0 Å². The Kier molecular flexibility index (Phi) is 2.28. The summed E-state index contributed by atoms with van der Waals surface area (Å²) >= 11 is 1.12. The van der Waals surface area contributed by atoms with Crippen molar-refractivity contribution in [3.05, 3.63) is 29.9 Å². The van der Waals surface area contributed by atoms with Crippen molar-refractivity contribution in [2.45, 2.75) is 6.92 Å². The van der Waals surface area contributed by atoms with Crippen LogP contribution in [0, 0.1) is 6.92 Å². The number of aromatic nitrogens is 2. The number of nitrogens with zero attached hydrogens (tertiary/aromatic N) is 2. The predicted octanol–water partition coefficient (Wildman–Crippen LogP) is 1.69. The van der Waals surface area contributed by atoms with Gasteiger partial charge in [0.1, 0.15) is 5.00 Å². The van der Waals surface area contributed by atoms with E-state index in [2.05, 4.69) is 14.9 Å². The summed E-state index contributed by atoms with van der Waals surface area (Å²) in [6.07, 6.45) is 2.97. The van der Waals surface area contributed by atoms with Gasteiger partial charge in [0, 0.05) is 17.1 Å². The highest BCUT2D eigenvalue weighted by molar-refractivity contribution is 7.10. The van der Waals surface area contributed by atoms with Crippen LogP contribution in [0.3, 0.4) is 0 Å². The Morgan fingerprint density at radius 2 is 2.50 bits per heavy atom. The molecule has 1 amide bonds. The summed E-state index contributed by atoms with van der Waals surface area (Å²) in [5.41, 5.74) is 0.806. The van der Waals surface area contributed by atoms with Crippen molar-refractivity contribution in [2.24, 2.45) is 0 Å². The third kappa shape index (κ3) is 1.64. The van der Waals surface area contributed by atoms with Crippen molar-refractivity contribution in [1.29, 1.82) is 0 Å². The van der Waals surface area contributed by atoms with E-state index in [0.29, 0.717) is 10.8 Å². The molecule has 1 N–H and O–H groups in total. The van der Waals surface area contributed by atoms with Crippen LogP contribution < -0.4 is 5.32 Å². The molecule has 2 rings (SSSR count). The van der Waals surface area contributed by atoms with Crippen LogP contribution in [0.25, 0.3) is 0 Å². The smallest absolute Gasteiger partial charge is 0.292 e. The molecule has 0 radical (unpaired) electrons. The Balaban J connectivity index is 2.14. The molecule has 14 heavy (non-hydrogen) atoms. The topological polar surface area (TPSA) is 68.0 Å². The molecule has 0 aliphatic rings. The summed E-state index contributed by atoms with van der Waals surface area (Å²) in [5, 5.41) is 6.83. The van der Waals surface area contributed by atoms with Gasteiger partial charge in [0.15, 0.2) is 5.76 Å². The second-order valence-corrected chi connectivity index (χ2v) is 3.45. The molecule has 0 fully saturated rings. The van der Waals surface area contributed by atoms with Crippen molar-refractivity contribution < 1.29 is 9.21 Å². The zero-order valence-corrected chi connectivity index (χ0v) is 8.17. The van der Waals surface area contributed by atoms with E-state index >= 15 is 0 Å². The van der Waals surface area contributed by atoms with Crippen molar-refractivity contribution in [3.8, 4) is 0 Å². The summed E-state index contributed by atoms with van der Waals surface area (Å²) < 4.78 is 8.65. The molecular weight excluding hydrogens is 202 g/mol. The molecule has 0 aromatic carbocycles. The Hall–Kier alpha value is -1.69. The van der Waals surface area contributed by atoms with Crippen LogP contribution in [0.2, 0.25) is 0 Å². The molecule has 0 aliphatic heterocycles. The fraction of sp³-hybridized carbons (Fsp3) is 0.125. The first-order valence-corrected chi connectivity index (χ1v) is 4.67. The molecule has 6 heteroatoms. The first-order chi connectivity index (χ1) is 6.77. The van der Waals surface area contributed by atoms with Crippen LogP contribution in [0.5, 0.6) is 0 Å². The predicted molar refractivity (Wildman–Crippen MR) is 51.3 cm³/mol. The minimum atomic E-state index is -0.279. The first kappa shape index (κ1) is 8.89. The van der Waals surface area contributed by atoms with Crippen LogP contribution >= 0.6 is 11.5 Å². The first-order valence-electron chi connectivity index (χ1n) is 3.90. The molecule has 2 heterocycles. The number of rotatable bonds is 2. The molecule has 0 spiro atoms. The van der Waals surface area contributed by atoms with Gasteiger partial charge in [-0.1, -0.05) is 4.49 Å². The highest BCUT2D eigenvalue weighted by Crippen LogP contribution is 2.14. The molecule has 72 valence electrons. The van der Waals surface area contributed by atoms with E-state index in [9.17, 15) is 4.79 Å². The number of hydrogen-bond acceptors (Lipinski definition) is 5. The number of hydrogen-bond donors (Lipinski definition) is 1. The number of carbonyl (C=O) groups excluding carboxylic acids is 1. The lowest BCUT2D eigenvalue weighted by Gasteiger charge is -1.98. The standard InChI is InChI=1S/C8H7N3O2S/c1-5-2-3-13-7(5)8(12)10-6-4-9-11-14-6/h2-4H,1H3,(H,10,12). The van der Waals surface area contributed by atoms with Gasteiger partial charge in [-0.05, 0) is 13.0 Å². The minimum absolute atomic E-state index is 0.279. The van der Waals surface area contributed by atoms with E-state index in [0.717, 1.165) is 17.1 Å². The summed E-state index contributed by atoms with van der Waals surface area (Å²) in [6.45, 7) is 1.81. The lowest BCUT2D eigenvalue weighted by molar-refractivity contribution is 0.0996.